The van der Waals surface area contributed by atoms with Crippen LogP contribution in [-0.4, -0.2) is 42.7 Å². The van der Waals surface area contributed by atoms with Gasteiger partial charge in [0.15, 0.2) is 0 Å². The molecule has 1 atom stereocenters. The zero-order valence-electron chi connectivity index (χ0n) is 11.7. The summed E-state index contributed by atoms with van der Waals surface area (Å²) in [5.41, 5.74) is 1.10. The van der Waals surface area contributed by atoms with Crippen molar-refractivity contribution >= 4 is 21.4 Å². The zero-order valence-corrected chi connectivity index (χ0v) is 12.5. The van der Waals surface area contributed by atoms with Gasteiger partial charge in [-0.1, -0.05) is 18.2 Å². The molecule has 0 aliphatic carbocycles. The zero-order chi connectivity index (χ0) is 13.8. The van der Waals surface area contributed by atoms with E-state index in [1.165, 1.54) is 10.1 Å². The second-order valence-electron chi connectivity index (χ2n) is 5.44. The summed E-state index contributed by atoms with van der Waals surface area (Å²) < 4.78 is 1.27. The van der Waals surface area contributed by atoms with Crippen molar-refractivity contribution in [3.05, 3.63) is 35.2 Å². The van der Waals surface area contributed by atoms with Crippen LogP contribution in [0.3, 0.4) is 0 Å². The Kier molecular flexibility index (Phi) is 4.68. The number of hydrogen-bond acceptors (Lipinski definition) is 4. The number of nitrogens with one attached hydrogen (secondary N) is 1. The molecule has 2 heterocycles. The summed E-state index contributed by atoms with van der Waals surface area (Å²) in [5.74, 6) is 0. The van der Waals surface area contributed by atoms with Gasteiger partial charge < -0.3 is 15.3 Å². The minimum absolute atomic E-state index is 0.325. The van der Waals surface area contributed by atoms with Gasteiger partial charge in [-0.15, -0.1) is 11.3 Å². The Balaban J connectivity index is 1.54. The second-order valence-corrected chi connectivity index (χ2v) is 6.35. The van der Waals surface area contributed by atoms with E-state index in [1.54, 1.807) is 11.3 Å². The van der Waals surface area contributed by atoms with E-state index in [-0.39, 0.29) is 6.10 Å². The van der Waals surface area contributed by atoms with E-state index in [9.17, 15) is 5.11 Å². The van der Waals surface area contributed by atoms with E-state index in [1.807, 2.05) is 6.07 Å². The van der Waals surface area contributed by atoms with Crippen LogP contribution in [0.5, 0.6) is 0 Å². The summed E-state index contributed by atoms with van der Waals surface area (Å²) in [4.78, 5) is 2.48. The summed E-state index contributed by atoms with van der Waals surface area (Å²) >= 11 is 1.73. The van der Waals surface area contributed by atoms with Crippen LogP contribution < -0.4 is 5.32 Å². The Morgan fingerprint density at radius 1 is 1.25 bits per heavy atom. The molecule has 0 spiro atoms. The molecule has 3 rings (SSSR count). The third kappa shape index (κ3) is 3.20. The number of piperazine rings is 1. The molecule has 1 aromatic carbocycles. The van der Waals surface area contributed by atoms with Crippen molar-refractivity contribution in [1.29, 1.82) is 0 Å². The topological polar surface area (TPSA) is 35.5 Å². The van der Waals surface area contributed by atoms with Crippen molar-refractivity contribution in [3.63, 3.8) is 0 Å². The number of aliphatic hydroxyl groups is 1. The predicted molar refractivity (Wildman–Crippen MR) is 85.3 cm³/mol. The first kappa shape index (κ1) is 14.0. The van der Waals surface area contributed by atoms with Crippen LogP contribution in [-0.2, 0) is 0 Å². The number of hydrogen-bond donors (Lipinski definition) is 2. The van der Waals surface area contributed by atoms with Crippen molar-refractivity contribution in [3.8, 4) is 0 Å². The van der Waals surface area contributed by atoms with E-state index in [0.717, 1.165) is 51.1 Å². The Morgan fingerprint density at radius 3 is 2.90 bits per heavy atom. The summed E-state index contributed by atoms with van der Waals surface area (Å²) in [6.45, 7) is 5.56. The number of nitrogens with zero attached hydrogens (tertiary/aromatic N) is 1. The molecular weight excluding hydrogens is 268 g/mol. The predicted octanol–water partition coefficient (Wildman–Crippen LogP) is 2.62. The van der Waals surface area contributed by atoms with E-state index < -0.39 is 0 Å². The van der Waals surface area contributed by atoms with Gasteiger partial charge in [0.2, 0.25) is 0 Å². The third-order valence-corrected chi connectivity index (χ3v) is 5.01. The van der Waals surface area contributed by atoms with Gasteiger partial charge in [0.25, 0.3) is 0 Å². The molecule has 0 radical (unpaired) electrons. The molecule has 0 saturated carbocycles. The van der Waals surface area contributed by atoms with E-state index in [0.29, 0.717) is 0 Å². The van der Waals surface area contributed by atoms with Crippen LogP contribution in [0, 0.1) is 0 Å². The maximum absolute atomic E-state index is 10.4. The molecular formula is C16H22N2OS. The molecule has 2 aromatic rings. The van der Waals surface area contributed by atoms with Crippen molar-refractivity contribution in [2.45, 2.75) is 18.9 Å². The second kappa shape index (κ2) is 6.68. The molecule has 3 nitrogen and oxygen atoms in total. The number of fused-ring (bicyclic) bond motifs is 1. The van der Waals surface area contributed by atoms with Gasteiger partial charge in [0.1, 0.15) is 0 Å². The fraction of sp³-hybridized carbons (Fsp3) is 0.500. The molecule has 4 heteroatoms. The highest BCUT2D eigenvalue weighted by atomic mass is 32.1. The first-order valence-corrected chi connectivity index (χ1v) is 8.30. The molecule has 1 unspecified atom stereocenters. The molecule has 1 saturated heterocycles. The average Bonchev–Trinajstić information content (AvgIpc) is 2.92. The SMILES string of the molecule is OC(CCCN1CCNCC1)c1csc2ccccc12. The Morgan fingerprint density at radius 2 is 2.05 bits per heavy atom. The Bertz CT molecular complexity index is 548. The molecule has 108 valence electrons. The van der Waals surface area contributed by atoms with Gasteiger partial charge in [-0.2, -0.15) is 0 Å². The first-order chi connectivity index (χ1) is 9.84. The third-order valence-electron chi connectivity index (χ3n) is 4.03. The highest BCUT2D eigenvalue weighted by Crippen LogP contribution is 2.32. The number of rotatable bonds is 5. The molecule has 0 bridgehead atoms. The highest BCUT2D eigenvalue weighted by molar-refractivity contribution is 7.17. The Labute approximate surface area is 124 Å². The molecule has 20 heavy (non-hydrogen) atoms. The lowest BCUT2D eigenvalue weighted by Crippen LogP contribution is -2.43. The fourth-order valence-corrected chi connectivity index (χ4v) is 3.86. The van der Waals surface area contributed by atoms with Crippen LogP contribution in [0.25, 0.3) is 10.1 Å². The lowest BCUT2D eigenvalue weighted by Gasteiger charge is -2.27. The number of thiophene rings is 1. The number of aliphatic hydroxyl groups excluding tert-OH is 1. The van der Waals surface area contributed by atoms with Crippen molar-refractivity contribution < 1.29 is 5.11 Å². The lowest BCUT2D eigenvalue weighted by molar-refractivity contribution is 0.154. The van der Waals surface area contributed by atoms with Gasteiger partial charge in [-0.3, -0.25) is 0 Å². The molecule has 1 aliphatic heterocycles. The summed E-state index contributed by atoms with van der Waals surface area (Å²) in [6, 6.07) is 8.34. The van der Waals surface area contributed by atoms with Gasteiger partial charge in [0, 0.05) is 30.9 Å². The lowest BCUT2D eigenvalue weighted by atomic mass is 10.0. The van der Waals surface area contributed by atoms with Gasteiger partial charge in [0.05, 0.1) is 6.10 Å². The smallest absolute Gasteiger partial charge is 0.0804 e. The highest BCUT2D eigenvalue weighted by Gasteiger charge is 2.14. The Hall–Kier alpha value is -0.940. The van der Waals surface area contributed by atoms with Crippen LogP contribution in [0.2, 0.25) is 0 Å². The van der Waals surface area contributed by atoms with E-state index in [2.05, 4.69) is 33.8 Å². The fourth-order valence-electron chi connectivity index (χ4n) is 2.85. The van der Waals surface area contributed by atoms with Crippen molar-refractivity contribution in [2.24, 2.45) is 0 Å². The van der Waals surface area contributed by atoms with Crippen LogP contribution in [0.4, 0.5) is 0 Å². The summed E-state index contributed by atoms with van der Waals surface area (Å²) in [7, 11) is 0. The quantitative estimate of drug-likeness (QED) is 0.888. The first-order valence-electron chi connectivity index (χ1n) is 7.42. The summed E-state index contributed by atoms with van der Waals surface area (Å²) in [6.07, 6.45) is 1.59. The summed E-state index contributed by atoms with van der Waals surface area (Å²) in [5, 5.41) is 17.1. The van der Waals surface area contributed by atoms with Crippen LogP contribution >= 0.6 is 11.3 Å². The van der Waals surface area contributed by atoms with E-state index >= 15 is 0 Å². The minimum atomic E-state index is -0.325. The van der Waals surface area contributed by atoms with Crippen molar-refractivity contribution in [1.82, 2.24) is 10.2 Å². The standard InChI is InChI=1S/C16H22N2OS/c19-15(5-3-9-18-10-7-17-8-11-18)14-12-20-16-6-2-1-4-13(14)16/h1-2,4,6,12,15,17,19H,3,5,7-11H2. The molecule has 0 amide bonds. The maximum Gasteiger partial charge on any atom is 0.0804 e. The van der Waals surface area contributed by atoms with Crippen molar-refractivity contribution in [2.75, 3.05) is 32.7 Å². The van der Waals surface area contributed by atoms with Gasteiger partial charge in [-0.05, 0) is 41.8 Å². The normalized spacial score (nSPS) is 18.4. The van der Waals surface area contributed by atoms with Crippen LogP contribution in [0.1, 0.15) is 24.5 Å². The monoisotopic (exact) mass is 290 g/mol. The van der Waals surface area contributed by atoms with Gasteiger partial charge >= 0.3 is 0 Å². The molecule has 2 N–H and O–H groups in total. The van der Waals surface area contributed by atoms with Gasteiger partial charge in [-0.25, -0.2) is 0 Å². The maximum atomic E-state index is 10.4. The molecule has 1 fully saturated rings. The average molecular weight is 290 g/mol. The largest absolute Gasteiger partial charge is 0.388 e. The number of benzene rings is 1. The molecule has 1 aromatic heterocycles. The minimum Gasteiger partial charge on any atom is -0.388 e. The van der Waals surface area contributed by atoms with E-state index in [4.69, 9.17) is 0 Å². The van der Waals surface area contributed by atoms with Crippen LogP contribution in [0.15, 0.2) is 29.6 Å². The molecule has 1 aliphatic rings.